The molecule has 2 heterocycles. The zero-order valence-electron chi connectivity index (χ0n) is 12.5. The summed E-state index contributed by atoms with van der Waals surface area (Å²) in [6.45, 7) is 1.28. The molecule has 1 aliphatic carbocycles. The minimum atomic E-state index is -0.689. The minimum absolute atomic E-state index is 0.000280. The molecule has 5 nitrogen and oxygen atoms in total. The number of aromatic nitrogens is 1. The van der Waals surface area contributed by atoms with Crippen molar-refractivity contribution in [3.8, 4) is 0 Å². The van der Waals surface area contributed by atoms with Crippen LogP contribution in [-0.4, -0.2) is 40.0 Å². The number of nitrogens with zero attached hydrogens (tertiary/aromatic N) is 1. The van der Waals surface area contributed by atoms with Gasteiger partial charge in [0.1, 0.15) is 5.69 Å². The number of rotatable bonds is 2. The number of hydrogen-bond acceptors (Lipinski definition) is 2. The van der Waals surface area contributed by atoms with Gasteiger partial charge < -0.3 is 15.0 Å². The van der Waals surface area contributed by atoms with Gasteiger partial charge in [0.05, 0.1) is 5.92 Å². The highest BCUT2D eigenvalue weighted by Gasteiger charge is 2.59. The number of carbonyl (C=O) groups is 2. The molecule has 1 saturated heterocycles. The van der Waals surface area contributed by atoms with E-state index in [0.29, 0.717) is 18.8 Å². The van der Waals surface area contributed by atoms with E-state index in [1.165, 1.54) is 0 Å². The van der Waals surface area contributed by atoms with E-state index in [2.05, 4.69) is 20.9 Å². The fourth-order valence-electron chi connectivity index (χ4n) is 3.79. The maximum Gasteiger partial charge on any atom is 0.307 e. The van der Waals surface area contributed by atoms with E-state index in [9.17, 15) is 9.59 Å². The standard InChI is InChI=1S/C17H17BrN2O3/c18-11-1-2-13-10(7-11)8-14(19-13)15(21)20-5-3-17(4-6-20)9-12(17)16(22)23/h1-2,7-8,12,19H,3-6,9H2,(H,22,23). The molecule has 1 unspecified atom stereocenters. The van der Waals surface area contributed by atoms with Gasteiger partial charge in [-0.25, -0.2) is 0 Å². The molecule has 0 bridgehead atoms. The number of aliphatic carboxylic acids is 1. The normalized spacial score (nSPS) is 22.5. The van der Waals surface area contributed by atoms with Gasteiger partial charge in [-0.3, -0.25) is 9.59 Å². The number of aromatic amines is 1. The number of fused-ring (bicyclic) bond motifs is 1. The highest BCUT2D eigenvalue weighted by molar-refractivity contribution is 9.10. The van der Waals surface area contributed by atoms with E-state index in [4.69, 9.17) is 5.11 Å². The quantitative estimate of drug-likeness (QED) is 0.844. The number of nitrogens with one attached hydrogen (secondary N) is 1. The van der Waals surface area contributed by atoms with Gasteiger partial charge in [-0.1, -0.05) is 15.9 Å². The van der Waals surface area contributed by atoms with E-state index in [0.717, 1.165) is 34.6 Å². The van der Waals surface area contributed by atoms with Crippen LogP contribution in [0.15, 0.2) is 28.7 Å². The lowest BCUT2D eigenvalue weighted by Crippen LogP contribution is -2.40. The highest BCUT2D eigenvalue weighted by atomic mass is 79.9. The number of amides is 1. The Bertz CT molecular complexity index is 805. The third-order valence-electron chi connectivity index (χ3n) is 5.35. The van der Waals surface area contributed by atoms with Gasteiger partial charge in [0.25, 0.3) is 5.91 Å². The van der Waals surface area contributed by atoms with E-state index in [-0.39, 0.29) is 17.2 Å². The second-order valence-electron chi connectivity index (χ2n) is 6.66. The van der Waals surface area contributed by atoms with Crippen LogP contribution in [0.3, 0.4) is 0 Å². The van der Waals surface area contributed by atoms with Crippen LogP contribution < -0.4 is 0 Å². The Morgan fingerprint density at radius 2 is 2.00 bits per heavy atom. The van der Waals surface area contributed by atoms with Crippen LogP contribution in [-0.2, 0) is 4.79 Å². The molecule has 2 aliphatic rings. The Labute approximate surface area is 141 Å². The minimum Gasteiger partial charge on any atom is -0.481 e. The molecule has 1 aromatic carbocycles. The second-order valence-corrected chi connectivity index (χ2v) is 7.58. The number of benzene rings is 1. The van der Waals surface area contributed by atoms with Crippen molar-refractivity contribution in [2.45, 2.75) is 19.3 Å². The van der Waals surface area contributed by atoms with E-state index in [1.807, 2.05) is 29.2 Å². The summed E-state index contributed by atoms with van der Waals surface area (Å²) in [4.78, 5) is 28.8. The third kappa shape index (κ3) is 2.45. The Morgan fingerprint density at radius 3 is 2.65 bits per heavy atom. The van der Waals surface area contributed by atoms with Crippen LogP contribution >= 0.6 is 15.9 Å². The van der Waals surface area contributed by atoms with Gasteiger partial charge in [0, 0.05) is 28.5 Å². The van der Waals surface area contributed by atoms with Gasteiger partial charge in [0.2, 0.25) is 0 Å². The number of halogens is 1. The number of carboxylic acids is 1. The lowest BCUT2D eigenvalue weighted by molar-refractivity contribution is -0.139. The van der Waals surface area contributed by atoms with Crippen molar-refractivity contribution in [1.29, 1.82) is 0 Å². The zero-order valence-corrected chi connectivity index (χ0v) is 14.1. The summed E-state index contributed by atoms with van der Waals surface area (Å²) in [6.07, 6.45) is 2.35. The molecule has 1 saturated carbocycles. The van der Waals surface area contributed by atoms with Crippen molar-refractivity contribution in [3.63, 3.8) is 0 Å². The predicted molar refractivity (Wildman–Crippen MR) is 89.3 cm³/mol. The van der Waals surface area contributed by atoms with Crippen LogP contribution in [0.4, 0.5) is 0 Å². The summed E-state index contributed by atoms with van der Waals surface area (Å²) in [5.41, 5.74) is 1.49. The average molecular weight is 377 g/mol. The summed E-state index contributed by atoms with van der Waals surface area (Å²) >= 11 is 3.43. The Hall–Kier alpha value is -1.82. The molecule has 1 atom stereocenters. The molecular formula is C17H17BrN2O3. The molecule has 4 rings (SSSR count). The van der Waals surface area contributed by atoms with Crippen molar-refractivity contribution in [2.75, 3.05) is 13.1 Å². The first kappa shape index (κ1) is 14.8. The fraction of sp³-hybridized carbons (Fsp3) is 0.412. The predicted octanol–water partition coefficient (Wildman–Crippen LogP) is 3.26. The molecule has 0 radical (unpaired) electrons. The van der Waals surface area contributed by atoms with E-state index >= 15 is 0 Å². The van der Waals surface area contributed by atoms with Gasteiger partial charge in [-0.05, 0) is 48.9 Å². The molecule has 6 heteroatoms. The van der Waals surface area contributed by atoms with Crippen molar-refractivity contribution < 1.29 is 14.7 Å². The number of hydrogen-bond donors (Lipinski definition) is 2. The molecule has 1 aliphatic heterocycles. The van der Waals surface area contributed by atoms with Gasteiger partial charge >= 0.3 is 5.97 Å². The highest BCUT2D eigenvalue weighted by Crippen LogP contribution is 2.59. The van der Waals surface area contributed by atoms with Crippen LogP contribution in [0.25, 0.3) is 10.9 Å². The first-order valence-corrected chi connectivity index (χ1v) is 8.58. The summed E-state index contributed by atoms with van der Waals surface area (Å²) in [6, 6.07) is 7.75. The van der Waals surface area contributed by atoms with Crippen molar-refractivity contribution >= 4 is 38.7 Å². The maximum atomic E-state index is 12.7. The lowest BCUT2D eigenvalue weighted by Gasteiger charge is -2.32. The summed E-state index contributed by atoms with van der Waals surface area (Å²) < 4.78 is 0.983. The van der Waals surface area contributed by atoms with Crippen molar-refractivity contribution in [2.24, 2.45) is 11.3 Å². The van der Waals surface area contributed by atoms with E-state index in [1.54, 1.807) is 0 Å². The Morgan fingerprint density at radius 1 is 1.26 bits per heavy atom. The molecule has 2 aromatic rings. The fourth-order valence-corrected chi connectivity index (χ4v) is 4.17. The van der Waals surface area contributed by atoms with Crippen LogP contribution in [0.1, 0.15) is 29.8 Å². The topological polar surface area (TPSA) is 73.4 Å². The number of carbonyl (C=O) groups excluding carboxylic acids is 1. The molecule has 120 valence electrons. The maximum absolute atomic E-state index is 12.7. The first-order chi connectivity index (χ1) is 11.0. The molecule has 2 fully saturated rings. The molecule has 1 amide bonds. The number of carboxylic acid groups (broad SMARTS) is 1. The van der Waals surface area contributed by atoms with Crippen LogP contribution in [0.2, 0.25) is 0 Å². The molecule has 1 aromatic heterocycles. The Kier molecular flexibility index (Phi) is 3.27. The Balaban J connectivity index is 1.48. The molecule has 23 heavy (non-hydrogen) atoms. The van der Waals surface area contributed by atoms with E-state index < -0.39 is 5.97 Å². The van der Waals surface area contributed by atoms with Gasteiger partial charge in [0.15, 0.2) is 0 Å². The van der Waals surface area contributed by atoms with Gasteiger partial charge in [-0.2, -0.15) is 0 Å². The molecule has 2 N–H and O–H groups in total. The summed E-state index contributed by atoms with van der Waals surface area (Å²) in [5, 5.41) is 10.1. The van der Waals surface area contributed by atoms with Gasteiger partial charge in [-0.15, -0.1) is 0 Å². The third-order valence-corrected chi connectivity index (χ3v) is 5.84. The largest absolute Gasteiger partial charge is 0.481 e. The van der Waals surface area contributed by atoms with Crippen molar-refractivity contribution in [3.05, 3.63) is 34.4 Å². The second kappa shape index (κ2) is 5.09. The first-order valence-electron chi connectivity index (χ1n) is 7.79. The van der Waals surface area contributed by atoms with Crippen LogP contribution in [0, 0.1) is 11.3 Å². The smallest absolute Gasteiger partial charge is 0.307 e. The summed E-state index contributed by atoms with van der Waals surface area (Å²) in [7, 11) is 0. The number of H-pyrrole nitrogens is 1. The number of likely N-dealkylation sites (tertiary alicyclic amines) is 1. The molecular weight excluding hydrogens is 360 g/mol. The average Bonchev–Trinajstić information content (AvgIpc) is 3.06. The molecule has 1 spiro atoms. The zero-order chi connectivity index (χ0) is 16.2. The monoisotopic (exact) mass is 376 g/mol. The SMILES string of the molecule is O=C(O)C1CC12CCN(C(=O)c1cc3cc(Br)ccc3[nH]1)CC2. The van der Waals surface area contributed by atoms with Crippen LogP contribution in [0.5, 0.6) is 0 Å². The lowest BCUT2D eigenvalue weighted by atomic mass is 9.90. The van der Waals surface area contributed by atoms with Crippen molar-refractivity contribution in [1.82, 2.24) is 9.88 Å². The number of piperidine rings is 1. The summed E-state index contributed by atoms with van der Waals surface area (Å²) in [5.74, 6) is -0.893.